The summed E-state index contributed by atoms with van der Waals surface area (Å²) < 4.78 is 10.4. The first-order valence-corrected chi connectivity index (χ1v) is 8.75. The van der Waals surface area contributed by atoms with Crippen LogP contribution in [-0.2, 0) is 9.59 Å². The number of aliphatic carboxylic acids is 1. The summed E-state index contributed by atoms with van der Waals surface area (Å²) in [6, 6.07) is 8.84. The van der Waals surface area contributed by atoms with Gasteiger partial charge in [0.1, 0.15) is 0 Å². The number of carboxylic acids is 1. The molecule has 0 saturated carbocycles. The number of amides is 2. The standard InChI is InChI=1S/C19H17N3O8/c23-17(9-20-19(26)12-2-1-3-13(6-12)22(27)28)21-14(8-18(24)25)11-4-5-15-16(7-11)30-10-29-15/h1-7,14H,8-10H2,(H,20,26)(H,21,23)(H,24,25)/p-1. The predicted molar refractivity (Wildman–Crippen MR) is 98.5 cm³/mol. The van der Waals surface area contributed by atoms with Gasteiger partial charge in [0, 0.05) is 30.1 Å². The molecule has 2 N–H and O–H groups in total. The maximum atomic E-state index is 12.2. The van der Waals surface area contributed by atoms with E-state index in [1.165, 1.54) is 18.2 Å². The van der Waals surface area contributed by atoms with Crippen molar-refractivity contribution < 1.29 is 33.9 Å². The zero-order valence-corrected chi connectivity index (χ0v) is 15.5. The van der Waals surface area contributed by atoms with Crippen molar-refractivity contribution in [2.24, 2.45) is 0 Å². The zero-order chi connectivity index (χ0) is 21.7. The number of carbonyl (C=O) groups excluding carboxylic acids is 3. The van der Waals surface area contributed by atoms with Crippen LogP contribution >= 0.6 is 0 Å². The Morgan fingerprint density at radius 1 is 1.10 bits per heavy atom. The van der Waals surface area contributed by atoms with Gasteiger partial charge in [-0.1, -0.05) is 12.1 Å². The smallest absolute Gasteiger partial charge is 0.270 e. The van der Waals surface area contributed by atoms with Crippen molar-refractivity contribution in [3.63, 3.8) is 0 Å². The maximum Gasteiger partial charge on any atom is 0.270 e. The lowest BCUT2D eigenvalue weighted by molar-refractivity contribution is -0.384. The molecule has 2 aromatic rings. The molecule has 1 unspecified atom stereocenters. The van der Waals surface area contributed by atoms with E-state index in [9.17, 15) is 29.6 Å². The molecule has 2 aromatic carbocycles. The summed E-state index contributed by atoms with van der Waals surface area (Å²) in [4.78, 5) is 45.6. The van der Waals surface area contributed by atoms with Crippen LogP contribution < -0.4 is 25.2 Å². The fourth-order valence-electron chi connectivity index (χ4n) is 2.82. The number of nitrogens with zero attached hydrogens (tertiary/aromatic N) is 1. The lowest BCUT2D eigenvalue weighted by Crippen LogP contribution is -2.40. The Bertz CT molecular complexity index is 1010. The van der Waals surface area contributed by atoms with E-state index in [4.69, 9.17) is 9.47 Å². The number of carboxylic acid groups (broad SMARTS) is 1. The summed E-state index contributed by atoms with van der Waals surface area (Å²) >= 11 is 0. The maximum absolute atomic E-state index is 12.2. The minimum Gasteiger partial charge on any atom is -0.550 e. The second-order valence-electron chi connectivity index (χ2n) is 6.30. The summed E-state index contributed by atoms with van der Waals surface area (Å²) in [5.41, 5.74) is 0.213. The minimum absolute atomic E-state index is 0.0130. The SMILES string of the molecule is O=C([O-])CC(NC(=O)CNC(=O)c1cccc([N+](=O)[O-])c1)c1ccc2c(c1)OCO2. The highest BCUT2D eigenvalue weighted by molar-refractivity contribution is 5.97. The monoisotopic (exact) mass is 414 g/mol. The molecule has 0 saturated heterocycles. The molecule has 1 heterocycles. The summed E-state index contributed by atoms with van der Waals surface area (Å²) in [7, 11) is 0. The van der Waals surface area contributed by atoms with Crippen LogP contribution in [0.4, 0.5) is 5.69 Å². The second kappa shape index (κ2) is 8.90. The quantitative estimate of drug-likeness (QED) is 0.453. The summed E-state index contributed by atoms with van der Waals surface area (Å²) in [6.07, 6.45) is -0.496. The van der Waals surface area contributed by atoms with Crippen molar-refractivity contribution in [2.75, 3.05) is 13.3 Å². The Morgan fingerprint density at radius 3 is 2.60 bits per heavy atom. The number of carbonyl (C=O) groups is 3. The fraction of sp³-hybridized carbons (Fsp3) is 0.211. The van der Waals surface area contributed by atoms with Crippen LogP contribution in [0.1, 0.15) is 28.4 Å². The first-order chi connectivity index (χ1) is 14.3. The number of nitro benzene ring substituents is 1. The van der Waals surface area contributed by atoms with Crippen molar-refractivity contribution in [1.82, 2.24) is 10.6 Å². The molecule has 0 radical (unpaired) electrons. The van der Waals surface area contributed by atoms with Gasteiger partial charge in [0.2, 0.25) is 12.7 Å². The van der Waals surface area contributed by atoms with Crippen LogP contribution in [0, 0.1) is 10.1 Å². The van der Waals surface area contributed by atoms with E-state index in [1.807, 2.05) is 0 Å². The first kappa shape index (κ1) is 20.6. The van der Waals surface area contributed by atoms with Gasteiger partial charge in [-0.15, -0.1) is 0 Å². The number of ether oxygens (including phenoxy) is 2. The summed E-state index contributed by atoms with van der Waals surface area (Å²) in [5, 5.41) is 26.7. The van der Waals surface area contributed by atoms with Crippen molar-refractivity contribution in [3.05, 3.63) is 63.7 Å². The van der Waals surface area contributed by atoms with E-state index in [0.29, 0.717) is 17.1 Å². The van der Waals surface area contributed by atoms with Gasteiger partial charge in [-0.2, -0.15) is 0 Å². The van der Waals surface area contributed by atoms with Gasteiger partial charge in [0.15, 0.2) is 11.5 Å². The number of rotatable bonds is 8. The number of nitro groups is 1. The molecule has 11 nitrogen and oxygen atoms in total. The third-order valence-corrected chi connectivity index (χ3v) is 4.23. The molecule has 0 bridgehead atoms. The number of fused-ring (bicyclic) bond motifs is 1. The third-order valence-electron chi connectivity index (χ3n) is 4.23. The van der Waals surface area contributed by atoms with Crippen molar-refractivity contribution in [3.8, 4) is 11.5 Å². The number of hydrogen-bond donors (Lipinski definition) is 2. The lowest BCUT2D eigenvalue weighted by atomic mass is 10.0. The van der Waals surface area contributed by atoms with Crippen LogP contribution in [0.5, 0.6) is 11.5 Å². The normalized spacial score (nSPS) is 12.7. The van der Waals surface area contributed by atoms with Crippen LogP contribution in [0.25, 0.3) is 0 Å². The van der Waals surface area contributed by atoms with E-state index < -0.39 is 41.7 Å². The van der Waals surface area contributed by atoms with E-state index in [-0.39, 0.29) is 18.0 Å². The average molecular weight is 414 g/mol. The number of benzene rings is 2. The van der Waals surface area contributed by atoms with E-state index in [1.54, 1.807) is 18.2 Å². The van der Waals surface area contributed by atoms with Crippen LogP contribution in [0.15, 0.2) is 42.5 Å². The molecular weight excluding hydrogens is 398 g/mol. The Labute approximate surface area is 169 Å². The number of nitrogens with one attached hydrogen (secondary N) is 2. The molecule has 1 aliphatic rings. The average Bonchev–Trinajstić information content (AvgIpc) is 3.19. The van der Waals surface area contributed by atoms with Crippen LogP contribution in [0.2, 0.25) is 0 Å². The molecule has 0 aliphatic carbocycles. The Hall–Kier alpha value is -4.15. The van der Waals surface area contributed by atoms with Gasteiger partial charge in [0.25, 0.3) is 11.6 Å². The van der Waals surface area contributed by atoms with Crippen molar-refractivity contribution in [2.45, 2.75) is 12.5 Å². The van der Waals surface area contributed by atoms with Crippen molar-refractivity contribution in [1.29, 1.82) is 0 Å². The molecule has 1 aliphatic heterocycles. The van der Waals surface area contributed by atoms with Gasteiger partial charge < -0.3 is 30.0 Å². The zero-order valence-electron chi connectivity index (χ0n) is 15.5. The van der Waals surface area contributed by atoms with Gasteiger partial charge in [-0.05, 0) is 23.8 Å². The van der Waals surface area contributed by atoms with Crippen LogP contribution in [0.3, 0.4) is 0 Å². The van der Waals surface area contributed by atoms with Crippen LogP contribution in [-0.4, -0.2) is 36.0 Å². The summed E-state index contributed by atoms with van der Waals surface area (Å²) in [6.45, 7) is -0.421. The first-order valence-electron chi connectivity index (χ1n) is 8.75. The van der Waals surface area contributed by atoms with Crippen molar-refractivity contribution >= 4 is 23.5 Å². The highest BCUT2D eigenvalue weighted by atomic mass is 16.7. The molecule has 3 rings (SSSR count). The Morgan fingerprint density at radius 2 is 1.87 bits per heavy atom. The van der Waals surface area contributed by atoms with E-state index in [0.717, 1.165) is 6.07 Å². The van der Waals surface area contributed by atoms with Gasteiger partial charge in [-0.3, -0.25) is 19.7 Å². The largest absolute Gasteiger partial charge is 0.550 e. The highest BCUT2D eigenvalue weighted by Gasteiger charge is 2.20. The number of non-ortho nitro benzene ring substituents is 1. The molecule has 0 fully saturated rings. The molecule has 156 valence electrons. The number of hydrogen-bond acceptors (Lipinski definition) is 8. The Kier molecular flexibility index (Phi) is 6.11. The fourth-order valence-corrected chi connectivity index (χ4v) is 2.82. The highest BCUT2D eigenvalue weighted by Crippen LogP contribution is 2.34. The molecule has 2 amide bonds. The second-order valence-corrected chi connectivity index (χ2v) is 6.30. The van der Waals surface area contributed by atoms with Gasteiger partial charge in [0.05, 0.1) is 17.5 Å². The van der Waals surface area contributed by atoms with E-state index in [2.05, 4.69) is 10.6 Å². The molecule has 11 heteroatoms. The molecule has 0 spiro atoms. The van der Waals surface area contributed by atoms with Gasteiger partial charge in [-0.25, -0.2) is 0 Å². The molecule has 1 atom stereocenters. The molecule has 0 aromatic heterocycles. The third kappa shape index (κ3) is 5.01. The van der Waals surface area contributed by atoms with Gasteiger partial charge >= 0.3 is 0 Å². The van der Waals surface area contributed by atoms with E-state index >= 15 is 0 Å². The topological polar surface area (TPSA) is 160 Å². The minimum atomic E-state index is -1.38. The molecule has 30 heavy (non-hydrogen) atoms. The molecular formula is C19H16N3O8-. The lowest BCUT2D eigenvalue weighted by Gasteiger charge is -2.20. The summed E-state index contributed by atoms with van der Waals surface area (Å²) in [5.74, 6) is -1.80. The Balaban J connectivity index is 1.63. The predicted octanol–water partition coefficient (Wildman–Crippen LogP) is 0.0508.